The average molecular weight is 496 g/mol. The minimum Gasteiger partial charge on any atom is -0.388 e. The molecule has 0 amide bonds. The van der Waals surface area contributed by atoms with E-state index in [1.54, 1.807) is 0 Å². The van der Waals surface area contributed by atoms with E-state index in [0.717, 1.165) is 19.0 Å². The van der Waals surface area contributed by atoms with Crippen LogP contribution in [0.25, 0.3) is 0 Å². The fourth-order valence-electron chi connectivity index (χ4n) is 3.89. The van der Waals surface area contributed by atoms with Gasteiger partial charge in [-0.1, -0.05) is 26.7 Å². The summed E-state index contributed by atoms with van der Waals surface area (Å²) in [7, 11) is 0. The summed E-state index contributed by atoms with van der Waals surface area (Å²) in [6.07, 6.45) is 6.68. The number of guanidine groups is 1. The topological polar surface area (TPSA) is 69.1 Å². The zero-order chi connectivity index (χ0) is 18.8. The number of nitrogens with one attached hydrogen (secondary N) is 2. The van der Waals surface area contributed by atoms with Crippen LogP contribution in [-0.4, -0.2) is 73.5 Å². The van der Waals surface area contributed by atoms with Crippen molar-refractivity contribution in [3.05, 3.63) is 0 Å². The first-order chi connectivity index (χ1) is 12.5. The average Bonchev–Trinajstić information content (AvgIpc) is 2.89. The van der Waals surface area contributed by atoms with Crippen LogP contribution < -0.4 is 10.6 Å². The third-order valence-electron chi connectivity index (χ3n) is 5.66. The Balaban J connectivity index is 0.00000364. The molecule has 1 atom stereocenters. The molecule has 3 N–H and O–H groups in total. The fraction of sp³-hybridized carbons (Fsp3) is 0.950. The highest BCUT2D eigenvalue weighted by atomic mass is 127. The molecule has 2 rings (SSSR count). The summed E-state index contributed by atoms with van der Waals surface area (Å²) in [5.74, 6) is 1.41. The number of likely N-dealkylation sites (tertiary alicyclic amines) is 1. The lowest BCUT2D eigenvalue weighted by atomic mass is 9.95. The second-order valence-electron chi connectivity index (χ2n) is 8.17. The summed E-state index contributed by atoms with van der Waals surface area (Å²) in [6, 6.07) is 0.517. The van der Waals surface area contributed by atoms with Gasteiger partial charge in [0.1, 0.15) is 0 Å². The highest BCUT2D eigenvalue weighted by Crippen LogP contribution is 2.20. The Hall–Kier alpha value is -0.120. The molecule has 7 heteroatoms. The second-order valence-corrected chi connectivity index (χ2v) is 8.17. The number of hydrogen-bond donors (Lipinski definition) is 3. The number of aliphatic hydroxyl groups is 1. The molecule has 0 spiro atoms. The Kier molecular flexibility index (Phi) is 12.2. The molecule has 6 nitrogen and oxygen atoms in total. The first kappa shape index (κ1) is 24.9. The van der Waals surface area contributed by atoms with E-state index in [4.69, 9.17) is 4.74 Å². The highest BCUT2D eigenvalue weighted by molar-refractivity contribution is 14.0. The molecule has 0 aromatic rings. The predicted molar refractivity (Wildman–Crippen MR) is 123 cm³/mol. The monoisotopic (exact) mass is 496 g/mol. The van der Waals surface area contributed by atoms with E-state index in [1.807, 2.05) is 0 Å². The van der Waals surface area contributed by atoms with E-state index in [9.17, 15) is 5.11 Å². The van der Waals surface area contributed by atoms with Crippen LogP contribution in [0.2, 0.25) is 0 Å². The van der Waals surface area contributed by atoms with Crippen LogP contribution in [0.1, 0.15) is 59.3 Å². The van der Waals surface area contributed by atoms with Gasteiger partial charge in [0.15, 0.2) is 5.96 Å². The van der Waals surface area contributed by atoms with Crippen molar-refractivity contribution in [2.45, 2.75) is 70.9 Å². The second kappa shape index (κ2) is 13.2. The summed E-state index contributed by atoms with van der Waals surface area (Å²) in [5.41, 5.74) is -0.719. The summed E-state index contributed by atoms with van der Waals surface area (Å²) in [6.45, 7) is 12.5. The SMILES string of the molecule is CCNC(=NCC1(O)CCOCC1)NCC(C(C)C)N1CCCCCC1.I. The lowest BCUT2D eigenvalue weighted by Gasteiger charge is -2.34. The molecular weight excluding hydrogens is 455 g/mol. The van der Waals surface area contributed by atoms with Crippen molar-refractivity contribution >= 4 is 29.9 Å². The van der Waals surface area contributed by atoms with Crippen LogP contribution in [0, 0.1) is 5.92 Å². The number of nitrogens with zero attached hydrogens (tertiary/aromatic N) is 2. The Morgan fingerprint density at radius 2 is 1.74 bits per heavy atom. The van der Waals surface area contributed by atoms with Gasteiger partial charge in [0.25, 0.3) is 0 Å². The maximum atomic E-state index is 10.6. The molecule has 160 valence electrons. The lowest BCUT2D eigenvalue weighted by Crippen LogP contribution is -2.50. The van der Waals surface area contributed by atoms with Gasteiger partial charge in [0, 0.05) is 45.2 Å². The predicted octanol–water partition coefficient (Wildman–Crippen LogP) is 2.60. The molecule has 27 heavy (non-hydrogen) atoms. The molecule has 0 bridgehead atoms. The van der Waals surface area contributed by atoms with Gasteiger partial charge in [-0.2, -0.15) is 0 Å². The molecule has 0 aliphatic carbocycles. The number of aliphatic imine (C=N–C) groups is 1. The first-order valence-electron chi connectivity index (χ1n) is 10.6. The van der Waals surface area contributed by atoms with Gasteiger partial charge >= 0.3 is 0 Å². The van der Waals surface area contributed by atoms with Crippen molar-refractivity contribution in [3.63, 3.8) is 0 Å². The minimum absolute atomic E-state index is 0. The van der Waals surface area contributed by atoms with Crippen molar-refractivity contribution in [1.82, 2.24) is 15.5 Å². The highest BCUT2D eigenvalue weighted by Gasteiger charge is 2.29. The van der Waals surface area contributed by atoms with Crippen LogP contribution in [-0.2, 0) is 4.74 Å². The van der Waals surface area contributed by atoms with Crippen LogP contribution in [0.3, 0.4) is 0 Å². The van der Waals surface area contributed by atoms with Crippen LogP contribution >= 0.6 is 24.0 Å². The van der Waals surface area contributed by atoms with E-state index >= 15 is 0 Å². The Bertz CT molecular complexity index is 420. The third kappa shape index (κ3) is 8.83. The van der Waals surface area contributed by atoms with Gasteiger partial charge in [-0.3, -0.25) is 9.89 Å². The normalized spacial score (nSPS) is 22.6. The van der Waals surface area contributed by atoms with Gasteiger partial charge in [0.05, 0.1) is 12.1 Å². The van der Waals surface area contributed by atoms with Crippen molar-refractivity contribution in [3.8, 4) is 0 Å². The number of rotatable bonds is 7. The van der Waals surface area contributed by atoms with E-state index in [0.29, 0.717) is 44.6 Å². The van der Waals surface area contributed by atoms with Crippen LogP contribution in [0.5, 0.6) is 0 Å². The zero-order valence-electron chi connectivity index (χ0n) is 17.5. The molecule has 2 aliphatic heterocycles. The summed E-state index contributed by atoms with van der Waals surface area (Å²) in [4.78, 5) is 7.33. The molecular formula is C20H41IN4O2. The molecule has 2 saturated heterocycles. The van der Waals surface area contributed by atoms with E-state index in [2.05, 4.69) is 41.3 Å². The van der Waals surface area contributed by atoms with Gasteiger partial charge in [-0.25, -0.2) is 0 Å². The molecule has 2 heterocycles. The van der Waals surface area contributed by atoms with Gasteiger partial charge in [0.2, 0.25) is 0 Å². The summed E-state index contributed by atoms with van der Waals surface area (Å²) in [5, 5.41) is 17.5. The van der Waals surface area contributed by atoms with Crippen molar-refractivity contribution in [1.29, 1.82) is 0 Å². The minimum atomic E-state index is -0.719. The number of hydrogen-bond acceptors (Lipinski definition) is 4. The molecule has 2 fully saturated rings. The zero-order valence-corrected chi connectivity index (χ0v) is 19.8. The van der Waals surface area contributed by atoms with Gasteiger partial charge < -0.3 is 20.5 Å². The van der Waals surface area contributed by atoms with Crippen LogP contribution in [0.15, 0.2) is 4.99 Å². The fourth-order valence-corrected chi connectivity index (χ4v) is 3.89. The van der Waals surface area contributed by atoms with Crippen molar-refractivity contribution < 1.29 is 9.84 Å². The summed E-state index contributed by atoms with van der Waals surface area (Å²) < 4.78 is 5.36. The summed E-state index contributed by atoms with van der Waals surface area (Å²) >= 11 is 0. The Morgan fingerprint density at radius 3 is 2.30 bits per heavy atom. The number of halogens is 1. The molecule has 1 unspecified atom stereocenters. The van der Waals surface area contributed by atoms with E-state index in [1.165, 1.54) is 38.8 Å². The molecule has 2 aliphatic rings. The van der Waals surface area contributed by atoms with Crippen LogP contribution in [0.4, 0.5) is 0 Å². The largest absolute Gasteiger partial charge is 0.388 e. The molecule has 0 radical (unpaired) electrons. The molecule has 0 aromatic carbocycles. The Labute approximate surface area is 182 Å². The van der Waals surface area contributed by atoms with E-state index in [-0.39, 0.29) is 24.0 Å². The Morgan fingerprint density at radius 1 is 1.11 bits per heavy atom. The van der Waals surface area contributed by atoms with Gasteiger partial charge in [-0.15, -0.1) is 24.0 Å². The van der Waals surface area contributed by atoms with E-state index < -0.39 is 5.60 Å². The molecule has 0 saturated carbocycles. The first-order valence-corrected chi connectivity index (χ1v) is 10.6. The quantitative estimate of drug-likeness (QED) is 0.287. The molecule has 0 aromatic heterocycles. The maximum Gasteiger partial charge on any atom is 0.191 e. The van der Waals surface area contributed by atoms with Crippen molar-refractivity contribution in [2.75, 3.05) is 45.9 Å². The van der Waals surface area contributed by atoms with Crippen molar-refractivity contribution in [2.24, 2.45) is 10.9 Å². The third-order valence-corrected chi connectivity index (χ3v) is 5.66. The maximum absolute atomic E-state index is 10.6. The smallest absolute Gasteiger partial charge is 0.191 e. The lowest BCUT2D eigenvalue weighted by molar-refractivity contribution is -0.0566. The number of ether oxygens (including phenoxy) is 1. The standard InChI is InChI=1S/C20H40N4O2.HI/c1-4-21-19(23-16-20(25)9-13-26-14-10-20)22-15-18(17(2)3)24-11-7-5-6-8-12-24;/h17-18,25H,4-16H2,1-3H3,(H2,21,22,23);1H. The van der Waals surface area contributed by atoms with Gasteiger partial charge in [-0.05, 0) is 38.8 Å².